The number of ketones is 1. The minimum Gasteiger partial charge on any atom is -0.305 e. The standard InChI is InChI=1S/C13H17BrFNO/c1-13(2,3)16-8-12(17)6-9-4-10(14)7-11(15)5-9/h4-5,7,16H,6,8H2,1-3H3. The predicted octanol–water partition coefficient (Wildman–Crippen LogP) is 3.09. The van der Waals surface area contributed by atoms with Crippen LogP contribution in [0.1, 0.15) is 26.3 Å². The summed E-state index contributed by atoms with van der Waals surface area (Å²) < 4.78 is 13.8. The van der Waals surface area contributed by atoms with Crippen molar-refractivity contribution in [3.63, 3.8) is 0 Å². The highest BCUT2D eigenvalue weighted by molar-refractivity contribution is 9.10. The van der Waals surface area contributed by atoms with Crippen LogP contribution >= 0.6 is 15.9 Å². The molecule has 4 heteroatoms. The molecule has 1 aromatic carbocycles. The van der Waals surface area contributed by atoms with Gasteiger partial charge in [-0.25, -0.2) is 4.39 Å². The van der Waals surface area contributed by atoms with Gasteiger partial charge in [-0.2, -0.15) is 0 Å². The van der Waals surface area contributed by atoms with E-state index in [0.29, 0.717) is 16.6 Å². The number of nitrogens with one attached hydrogen (secondary N) is 1. The Morgan fingerprint density at radius 3 is 2.53 bits per heavy atom. The van der Waals surface area contributed by atoms with Gasteiger partial charge in [-0.15, -0.1) is 0 Å². The summed E-state index contributed by atoms with van der Waals surface area (Å²) >= 11 is 3.21. The van der Waals surface area contributed by atoms with Crippen molar-refractivity contribution in [1.82, 2.24) is 5.32 Å². The van der Waals surface area contributed by atoms with Crippen LogP contribution in [0.3, 0.4) is 0 Å². The summed E-state index contributed by atoms with van der Waals surface area (Å²) in [6, 6.07) is 4.53. The van der Waals surface area contributed by atoms with Gasteiger partial charge >= 0.3 is 0 Å². The first-order valence-electron chi connectivity index (χ1n) is 5.48. The Labute approximate surface area is 110 Å². The molecule has 0 fully saturated rings. The maximum absolute atomic E-state index is 13.1. The third-order valence-corrected chi connectivity index (χ3v) is 2.60. The van der Waals surface area contributed by atoms with Crippen LogP contribution in [0.15, 0.2) is 22.7 Å². The third kappa shape index (κ3) is 5.94. The van der Waals surface area contributed by atoms with E-state index in [1.807, 2.05) is 20.8 Å². The smallest absolute Gasteiger partial charge is 0.150 e. The SMILES string of the molecule is CC(C)(C)NCC(=O)Cc1cc(F)cc(Br)c1. The average Bonchev–Trinajstić information content (AvgIpc) is 2.11. The lowest BCUT2D eigenvalue weighted by atomic mass is 10.1. The van der Waals surface area contributed by atoms with Crippen LogP contribution in [-0.4, -0.2) is 17.9 Å². The molecular weight excluding hydrogens is 285 g/mol. The lowest BCUT2D eigenvalue weighted by molar-refractivity contribution is -0.117. The first-order valence-corrected chi connectivity index (χ1v) is 6.27. The molecule has 0 amide bonds. The number of benzene rings is 1. The summed E-state index contributed by atoms with van der Waals surface area (Å²) in [7, 11) is 0. The largest absolute Gasteiger partial charge is 0.305 e. The van der Waals surface area contributed by atoms with Crippen LogP contribution in [-0.2, 0) is 11.2 Å². The molecule has 2 nitrogen and oxygen atoms in total. The molecule has 0 atom stereocenters. The first kappa shape index (κ1) is 14.3. The molecule has 1 aromatic rings. The number of Topliss-reactive ketones (excluding diaryl/α,β-unsaturated/α-hetero) is 1. The van der Waals surface area contributed by atoms with Crippen molar-refractivity contribution >= 4 is 21.7 Å². The summed E-state index contributed by atoms with van der Waals surface area (Å²) in [5, 5.41) is 3.12. The van der Waals surface area contributed by atoms with Crippen molar-refractivity contribution in [1.29, 1.82) is 0 Å². The zero-order valence-electron chi connectivity index (χ0n) is 10.3. The highest BCUT2D eigenvalue weighted by atomic mass is 79.9. The van der Waals surface area contributed by atoms with E-state index in [-0.39, 0.29) is 23.6 Å². The van der Waals surface area contributed by atoms with Crippen molar-refractivity contribution in [3.8, 4) is 0 Å². The van der Waals surface area contributed by atoms with E-state index in [9.17, 15) is 9.18 Å². The lowest BCUT2D eigenvalue weighted by Crippen LogP contribution is -2.39. The summed E-state index contributed by atoms with van der Waals surface area (Å²) in [4.78, 5) is 11.7. The lowest BCUT2D eigenvalue weighted by Gasteiger charge is -2.19. The molecule has 0 bridgehead atoms. The van der Waals surface area contributed by atoms with E-state index in [2.05, 4.69) is 21.2 Å². The van der Waals surface area contributed by atoms with Crippen molar-refractivity contribution < 1.29 is 9.18 Å². The van der Waals surface area contributed by atoms with E-state index in [1.165, 1.54) is 12.1 Å². The number of rotatable bonds is 4. The van der Waals surface area contributed by atoms with E-state index in [0.717, 1.165) is 0 Å². The molecule has 0 aliphatic rings. The van der Waals surface area contributed by atoms with Gasteiger partial charge < -0.3 is 5.32 Å². The molecule has 0 saturated heterocycles. The molecule has 0 aromatic heterocycles. The van der Waals surface area contributed by atoms with Gasteiger partial charge in [-0.05, 0) is 44.5 Å². The van der Waals surface area contributed by atoms with Crippen LogP contribution in [0, 0.1) is 5.82 Å². The molecule has 0 spiro atoms. The molecule has 0 aliphatic carbocycles. The van der Waals surface area contributed by atoms with Gasteiger partial charge in [0.25, 0.3) is 0 Å². The molecule has 1 rings (SSSR count). The van der Waals surface area contributed by atoms with Gasteiger partial charge in [0.2, 0.25) is 0 Å². The van der Waals surface area contributed by atoms with Crippen LogP contribution < -0.4 is 5.32 Å². The van der Waals surface area contributed by atoms with Crippen molar-refractivity contribution in [2.75, 3.05) is 6.54 Å². The fourth-order valence-electron chi connectivity index (χ4n) is 1.37. The van der Waals surface area contributed by atoms with Crippen LogP contribution in [0.2, 0.25) is 0 Å². The number of hydrogen-bond acceptors (Lipinski definition) is 2. The summed E-state index contributed by atoms with van der Waals surface area (Å²) in [6.45, 7) is 6.30. The monoisotopic (exact) mass is 301 g/mol. The fraction of sp³-hybridized carbons (Fsp3) is 0.462. The minimum atomic E-state index is -0.328. The van der Waals surface area contributed by atoms with Gasteiger partial charge in [0, 0.05) is 16.4 Å². The highest BCUT2D eigenvalue weighted by Gasteiger charge is 2.12. The van der Waals surface area contributed by atoms with Crippen LogP contribution in [0.4, 0.5) is 4.39 Å². The number of hydrogen-bond donors (Lipinski definition) is 1. The maximum atomic E-state index is 13.1. The Balaban J connectivity index is 2.56. The van der Waals surface area contributed by atoms with E-state index >= 15 is 0 Å². The minimum absolute atomic E-state index is 0.0532. The second kappa shape index (κ2) is 5.74. The molecule has 94 valence electrons. The summed E-state index contributed by atoms with van der Waals surface area (Å²) in [5.74, 6) is -0.275. The first-order chi connectivity index (χ1) is 7.76. The zero-order valence-corrected chi connectivity index (χ0v) is 11.9. The van der Waals surface area contributed by atoms with Gasteiger partial charge in [-0.3, -0.25) is 4.79 Å². The number of carbonyl (C=O) groups is 1. The van der Waals surface area contributed by atoms with Gasteiger partial charge in [0.1, 0.15) is 5.82 Å². The molecule has 0 heterocycles. The second-order valence-corrected chi connectivity index (χ2v) is 6.01. The molecule has 1 N–H and O–H groups in total. The summed E-state index contributed by atoms with van der Waals surface area (Å²) in [5.41, 5.74) is 0.607. The number of carbonyl (C=O) groups excluding carboxylic acids is 1. The molecular formula is C13H17BrFNO. The normalized spacial score (nSPS) is 11.6. The van der Waals surface area contributed by atoms with E-state index in [1.54, 1.807) is 6.07 Å². The Kier molecular flexibility index (Phi) is 4.83. The molecule has 0 saturated carbocycles. The highest BCUT2D eigenvalue weighted by Crippen LogP contribution is 2.15. The maximum Gasteiger partial charge on any atom is 0.150 e. The van der Waals surface area contributed by atoms with Gasteiger partial charge in [-0.1, -0.05) is 15.9 Å². The van der Waals surface area contributed by atoms with Crippen molar-refractivity contribution in [3.05, 3.63) is 34.1 Å². The number of halogens is 2. The predicted molar refractivity (Wildman–Crippen MR) is 70.6 cm³/mol. The van der Waals surface area contributed by atoms with Crippen LogP contribution in [0.5, 0.6) is 0 Å². The Hall–Kier alpha value is -0.740. The third-order valence-electron chi connectivity index (χ3n) is 2.14. The van der Waals surface area contributed by atoms with Gasteiger partial charge in [0.05, 0.1) is 6.54 Å². The van der Waals surface area contributed by atoms with Crippen LogP contribution in [0.25, 0.3) is 0 Å². The fourth-order valence-corrected chi connectivity index (χ4v) is 1.88. The van der Waals surface area contributed by atoms with Gasteiger partial charge in [0.15, 0.2) is 5.78 Å². The molecule has 0 radical (unpaired) electrons. The van der Waals surface area contributed by atoms with Crippen molar-refractivity contribution in [2.24, 2.45) is 0 Å². The Bertz CT molecular complexity index is 392. The molecule has 0 aliphatic heterocycles. The zero-order chi connectivity index (χ0) is 13.1. The molecule has 17 heavy (non-hydrogen) atoms. The topological polar surface area (TPSA) is 29.1 Å². The summed E-state index contributed by atoms with van der Waals surface area (Å²) in [6.07, 6.45) is 0.249. The Morgan fingerprint density at radius 1 is 1.35 bits per heavy atom. The average molecular weight is 302 g/mol. The van der Waals surface area contributed by atoms with Crippen molar-refractivity contribution in [2.45, 2.75) is 32.7 Å². The van der Waals surface area contributed by atoms with E-state index < -0.39 is 0 Å². The Morgan fingerprint density at radius 2 is 2.00 bits per heavy atom. The quantitative estimate of drug-likeness (QED) is 0.926. The molecule has 0 unspecified atom stereocenters. The van der Waals surface area contributed by atoms with E-state index in [4.69, 9.17) is 0 Å². The second-order valence-electron chi connectivity index (χ2n) is 5.10.